The third kappa shape index (κ3) is 5.53. The summed E-state index contributed by atoms with van der Waals surface area (Å²) in [5.41, 5.74) is 0.975. The van der Waals surface area contributed by atoms with Gasteiger partial charge in [0.15, 0.2) is 0 Å². The smallest absolute Gasteiger partial charge is 0.306 e. The van der Waals surface area contributed by atoms with Gasteiger partial charge in [0, 0.05) is 11.9 Å². The van der Waals surface area contributed by atoms with Gasteiger partial charge in [0.2, 0.25) is 0 Å². The molecule has 4 heteroatoms. The molecule has 0 saturated carbocycles. The third-order valence-corrected chi connectivity index (χ3v) is 2.41. The third-order valence-electron chi connectivity index (χ3n) is 2.41. The molecule has 1 aromatic rings. The summed E-state index contributed by atoms with van der Waals surface area (Å²) >= 11 is 0. The Morgan fingerprint density at radius 1 is 1.44 bits per heavy atom. The number of unbranched alkanes of at least 4 members (excludes halogenated alkanes) is 3. The minimum absolute atomic E-state index is 0.119. The first-order valence-corrected chi connectivity index (χ1v) is 5.95. The van der Waals surface area contributed by atoms with Gasteiger partial charge in [-0.25, -0.2) is 4.98 Å². The standard InChI is InChI=1S/C12H20N2O2/c1-2-3-4-5-8-16-12(15)7-6-11-9-13-10-14-11/h9-10H,2-8H2,1H3,(H,13,14). The molecule has 0 aromatic carbocycles. The molecule has 0 fully saturated rings. The maximum absolute atomic E-state index is 11.3. The van der Waals surface area contributed by atoms with Crippen LogP contribution in [0.1, 0.15) is 44.7 Å². The molecule has 1 N–H and O–H groups in total. The fourth-order valence-electron chi connectivity index (χ4n) is 1.45. The largest absolute Gasteiger partial charge is 0.466 e. The molecule has 0 aliphatic carbocycles. The Labute approximate surface area is 96.4 Å². The van der Waals surface area contributed by atoms with Crippen molar-refractivity contribution < 1.29 is 9.53 Å². The minimum Gasteiger partial charge on any atom is -0.466 e. The molecule has 0 bridgehead atoms. The van der Waals surface area contributed by atoms with Gasteiger partial charge in [-0.15, -0.1) is 0 Å². The Balaban J connectivity index is 1.99. The number of hydrogen-bond acceptors (Lipinski definition) is 3. The Hall–Kier alpha value is -1.32. The van der Waals surface area contributed by atoms with E-state index in [0.717, 1.165) is 18.5 Å². The number of aromatic nitrogens is 2. The van der Waals surface area contributed by atoms with Crippen LogP contribution in [0, 0.1) is 0 Å². The van der Waals surface area contributed by atoms with Crippen molar-refractivity contribution in [2.24, 2.45) is 0 Å². The highest BCUT2D eigenvalue weighted by molar-refractivity contribution is 5.69. The van der Waals surface area contributed by atoms with Crippen molar-refractivity contribution in [3.63, 3.8) is 0 Å². The fourth-order valence-corrected chi connectivity index (χ4v) is 1.45. The maximum Gasteiger partial charge on any atom is 0.306 e. The van der Waals surface area contributed by atoms with E-state index in [-0.39, 0.29) is 5.97 Å². The van der Waals surface area contributed by atoms with Crippen molar-refractivity contribution in [1.82, 2.24) is 9.97 Å². The van der Waals surface area contributed by atoms with Gasteiger partial charge in [-0.1, -0.05) is 26.2 Å². The zero-order valence-electron chi connectivity index (χ0n) is 9.87. The second-order valence-corrected chi connectivity index (χ2v) is 3.86. The molecular weight excluding hydrogens is 204 g/mol. The number of hydrogen-bond donors (Lipinski definition) is 1. The summed E-state index contributed by atoms with van der Waals surface area (Å²) in [7, 11) is 0. The van der Waals surface area contributed by atoms with E-state index in [1.807, 2.05) is 0 Å². The van der Waals surface area contributed by atoms with Crippen LogP contribution in [0.5, 0.6) is 0 Å². The van der Waals surface area contributed by atoms with Crippen LogP contribution >= 0.6 is 0 Å². The molecule has 1 heterocycles. The van der Waals surface area contributed by atoms with Gasteiger partial charge in [0.25, 0.3) is 0 Å². The number of ether oxygens (including phenoxy) is 1. The first-order valence-electron chi connectivity index (χ1n) is 5.95. The van der Waals surface area contributed by atoms with Crippen LogP contribution < -0.4 is 0 Å². The van der Waals surface area contributed by atoms with E-state index in [1.165, 1.54) is 12.8 Å². The van der Waals surface area contributed by atoms with E-state index in [1.54, 1.807) is 12.5 Å². The lowest BCUT2D eigenvalue weighted by Gasteiger charge is -2.03. The second-order valence-electron chi connectivity index (χ2n) is 3.86. The molecule has 0 spiro atoms. The highest BCUT2D eigenvalue weighted by Gasteiger charge is 2.03. The topological polar surface area (TPSA) is 55.0 Å². The van der Waals surface area contributed by atoms with E-state index in [2.05, 4.69) is 16.9 Å². The quantitative estimate of drug-likeness (QED) is 0.545. The van der Waals surface area contributed by atoms with Crippen LogP contribution in [0.15, 0.2) is 12.5 Å². The average molecular weight is 224 g/mol. The number of aromatic amines is 1. The van der Waals surface area contributed by atoms with Crippen molar-refractivity contribution in [2.45, 2.75) is 45.4 Å². The van der Waals surface area contributed by atoms with Crippen LogP contribution in [-0.2, 0) is 16.0 Å². The van der Waals surface area contributed by atoms with Gasteiger partial charge < -0.3 is 9.72 Å². The summed E-state index contributed by atoms with van der Waals surface area (Å²) in [6.45, 7) is 2.72. The molecule has 0 saturated heterocycles. The molecule has 4 nitrogen and oxygen atoms in total. The zero-order valence-corrected chi connectivity index (χ0v) is 9.87. The summed E-state index contributed by atoms with van der Waals surface area (Å²) < 4.78 is 5.11. The Morgan fingerprint density at radius 3 is 3.00 bits per heavy atom. The molecule has 0 amide bonds. The molecule has 16 heavy (non-hydrogen) atoms. The molecule has 0 aliphatic rings. The van der Waals surface area contributed by atoms with Crippen molar-refractivity contribution in [1.29, 1.82) is 0 Å². The Morgan fingerprint density at radius 2 is 2.31 bits per heavy atom. The number of nitrogens with one attached hydrogen (secondary N) is 1. The molecule has 0 aliphatic heterocycles. The van der Waals surface area contributed by atoms with E-state index >= 15 is 0 Å². The number of rotatable bonds is 8. The minimum atomic E-state index is -0.119. The normalized spacial score (nSPS) is 10.3. The zero-order chi connectivity index (χ0) is 11.6. The number of carbonyl (C=O) groups is 1. The predicted molar refractivity (Wildman–Crippen MR) is 62.0 cm³/mol. The molecule has 1 rings (SSSR count). The Bertz CT molecular complexity index is 283. The number of H-pyrrole nitrogens is 1. The lowest BCUT2D eigenvalue weighted by Crippen LogP contribution is -2.07. The van der Waals surface area contributed by atoms with Crippen LogP contribution in [-0.4, -0.2) is 22.5 Å². The Kier molecular flexibility index (Phi) is 6.30. The molecule has 90 valence electrons. The summed E-state index contributed by atoms with van der Waals surface area (Å²) in [6.07, 6.45) is 8.98. The van der Waals surface area contributed by atoms with E-state index in [4.69, 9.17) is 4.74 Å². The SMILES string of the molecule is CCCCCCOC(=O)CCc1cnc[nH]1. The van der Waals surface area contributed by atoms with Crippen molar-refractivity contribution in [3.05, 3.63) is 18.2 Å². The molecule has 1 aromatic heterocycles. The van der Waals surface area contributed by atoms with E-state index in [0.29, 0.717) is 19.4 Å². The van der Waals surface area contributed by atoms with Gasteiger partial charge in [-0.05, 0) is 12.8 Å². The monoisotopic (exact) mass is 224 g/mol. The maximum atomic E-state index is 11.3. The van der Waals surface area contributed by atoms with Gasteiger partial charge in [0.1, 0.15) is 0 Å². The second kappa shape index (κ2) is 7.91. The van der Waals surface area contributed by atoms with Crippen LogP contribution in [0.4, 0.5) is 0 Å². The van der Waals surface area contributed by atoms with Gasteiger partial charge >= 0.3 is 5.97 Å². The lowest BCUT2D eigenvalue weighted by atomic mass is 10.2. The summed E-state index contributed by atoms with van der Waals surface area (Å²) in [5.74, 6) is -0.119. The lowest BCUT2D eigenvalue weighted by molar-refractivity contribution is -0.143. The number of carbonyl (C=O) groups excluding carboxylic acids is 1. The summed E-state index contributed by atoms with van der Waals surface area (Å²) in [6, 6.07) is 0. The van der Waals surface area contributed by atoms with Crippen LogP contribution in [0.25, 0.3) is 0 Å². The van der Waals surface area contributed by atoms with E-state index in [9.17, 15) is 4.79 Å². The first-order chi connectivity index (χ1) is 7.83. The number of nitrogens with zero attached hydrogens (tertiary/aromatic N) is 1. The van der Waals surface area contributed by atoms with E-state index < -0.39 is 0 Å². The number of aryl methyl sites for hydroxylation is 1. The molecule has 0 unspecified atom stereocenters. The van der Waals surface area contributed by atoms with Crippen LogP contribution in [0.3, 0.4) is 0 Å². The summed E-state index contributed by atoms with van der Waals surface area (Å²) in [4.78, 5) is 18.2. The van der Waals surface area contributed by atoms with Crippen molar-refractivity contribution in [2.75, 3.05) is 6.61 Å². The first kappa shape index (κ1) is 12.7. The van der Waals surface area contributed by atoms with Crippen LogP contribution in [0.2, 0.25) is 0 Å². The predicted octanol–water partition coefficient (Wildman–Crippen LogP) is 2.47. The molecule has 0 atom stereocenters. The molecule has 0 radical (unpaired) electrons. The fraction of sp³-hybridized carbons (Fsp3) is 0.667. The summed E-state index contributed by atoms with van der Waals surface area (Å²) in [5, 5.41) is 0. The van der Waals surface area contributed by atoms with Gasteiger partial charge in [0.05, 0.1) is 19.4 Å². The molecular formula is C12H20N2O2. The number of imidazole rings is 1. The number of esters is 1. The highest BCUT2D eigenvalue weighted by atomic mass is 16.5. The van der Waals surface area contributed by atoms with Crippen molar-refractivity contribution >= 4 is 5.97 Å². The van der Waals surface area contributed by atoms with Gasteiger partial charge in [-0.2, -0.15) is 0 Å². The average Bonchev–Trinajstić information content (AvgIpc) is 2.79. The highest BCUT2D eigenvalue weighted by Crippen LogP contribution is 2.02. The van der Waals surface area contributed by atoms with Gasteiger partial charge in [-0.3, -0.25) is 4.79 Å². The van der Waals surface area contributed by atoms with Crippen molar-refractivity contribution in [3.8, 4) is 0 Å².